The van der Waals surface area contributed by atoms with Crippen LogP contribution in [0.5, 0.6) is 0 Å². The number of rotatable bonds is 12. The monoisotopic (exact) mass is 643 g/mol. The Morgan fingerprint density at radius 1 is 0.978 bits per heavy atom. The first-order chi connectivity index (χ1) is 21.7. The van der Waals surface area contributed by atoms with E-state index >= 15 is 0 Å². The molecule has 0 saturated heterocycles. The number of hydrogen-bond donors (Lipinski definition) is 2. The first-order valence-electron chi connectivity index (χ1n) is 14.5. The smallest absolute Gasteiger partial charge is 0.306 e. The van der Waals surface area contributed by atoms with Gasteiger partial charge in [0.05, 0.1) is 5.69 Å². The van der Waals surface area contributed by atoms with E-state index in [9.17, 15) is 14.4 Å². The molecule has 2 amide bonds. The fraction of sp³-hybridized carbons (Fsp3) is 0.281. The van der Waals surface area contributed by atoms with Crippen molar-refractivity contribution in [2.24, 2.45) is 10.2 Å². The van der Waals surface area contributed by atoms with E-state index in [1.807, 2.05) is 74.0 Å². The summed E-state index contributed by atoms with van der Waals surface area (Å²) >= 11 is 2.66. The maximum atomic E-state index is 13.5. The van der Waals surface area contributed by atoms with Crippen LogP contribution in [-0.2, 0) is 14.3 Å². The van der Waals surface area contributed by atoms with E-state index in [1.165, 1.54) is 27.7 Å². The number of benzene rings is 2. The maximum absolute atomic E-state index is 13.5. The fourth-order valence-electron chi connectivity index (χ4n) is 4.35. The Labute approximate surface area is 269 Å². The number of hydrogen-bond acceptors (Lipinski definition) is 11. The van der Waals surface area contributed by atoms with Crippen LogP contribution >= 0.6 is 22.7 Å². The predicted octanol–water partition coefficient (Wildman–Crippen LogP) is 6.12. The average molecular weight is 644 g/mol. The van der Waals surface area contributed by atoms with Crippen LogP contribution < -0.4 is 15.8 Å². The molecule has 0 unspecified atom stereocenters. The number of amides is 2. The third kappa shape index (κ3) is 8.46. The van der Waals surface area contributed by atoms with Gasteiger partial charge in [0.2, 0.25) is 10.3 Å². The maximum Gasteiger partial charge on any atom is 0.306 e. The molecule has 2 aromatic carbocycles. The van der Waals surface area contributed by atoms with Gasteiger partial charge in [-0.3, -0.25) is 19.8 Å². The Morgan fingerprint density at radius 3 is 2.47 bits per heavy atom. The third-order valence-corrected chi connectivity index (χ3v) is 7.94. The van der Waals surface area contributed by atoms with Gasteiger partial charge in [0, 0.05) is 46.6 Å². The number of hydrazone groups is 2. The van der Waals surface area contributed by atoms with Gasteiger partial charge in [-0.2, -0.15) is 15.2 Å². The number of carbonyl (C=O) groups is 3. The lowest BCUT2D eigenvalue weighted by Gasteiger charge is -2.19. The summed E-state index contributed by atoms with van der Waals surface area (Å²) < 4.78 is 5.32. The number of anilines is 2. The molecule has 13 heteroatoms. The number of unbranched alkanes of at least 4 members (excludes halogenated alkanes) is 2. The molecule has 2 N–H and O–H groups in total. The van der Waals surface area contributed by atoms with Gasteiger partial charge in [-0.15, -0.1) is 22.7 Å². The zero-order chi connectivity index (χ0) is 31.8. The Bertz CT molecular complexity index is 1690. The average Bonchev–Trinajstić information content (AvgIpc) is 3.78. The highest BCUT2D eigenvalue weighted by Gasteiger charge is 2.36. The van der Waals surface area contributed by atoms with Crippen LogP contribution in [0.1, 0.15) is 62.4 Å². The molecular formula is C32H33N7O4S2. The molecule has 45 heavy (non-hydrogen) atoms. The Morgan fingerprint density at radius 2 is 1.76 bits per heavy atom. The van der Waals surface area contributed by atoms with Gasteiger partial charge in [0.15, 0.2) is 5.71 Å². The second-order valence-electron chi connectivity index (χ2n) is 11.1. The zero-order valence-corrected chi connectivity index (χ0v) is 26.8. The lowest BCUT2D eigenvalue weighted by Crippen LogP contribution is -2.28. The van der Waals surface area contributed by atoms with Crippen molar-refractivity contribution in [3.05, 3.63) is 82.7 Å². The standard InChI is InChI=1S/C32H33N7O4S2/c1-32(2,3)43-25(40)12-8-5-9-17-33-28(41)23-15-13-21(14-16-23)24-20-45-31(35-24)39-29(42)27(36-37-30-34-18-19-44-30)26(38-39)22-10-6-4-7-11-22/h4,6-7,10-11,13-16,18-20H,5,8-9,12,17H2,1-3H3,(H,33,41)(H,34,37)/b36-27+. The van der Waals surface area contributed by atoms with Crippen LogP contribution in [0.4, 0.5) is 10.3 Å². The molecule has 4 aromatic rings. The first kappa shape index (κ1) is 31.7. The molecule has 11 nitrogen and oxygen atoms in total. The van der Waals surface area contributed by atoms with E-state index in [1.54, 1.807) is 18.3 Å². The van der Waals surface area contributed by atoms with Crippen molar-refractivity contribution in [2.75, 3.05) is 17.0 Å². The minimum atomic E-state index is -0.476. The summed E-state index contributed by atoms with van der Waals surface area (Å²) in [4.78, 5) is 46.7. The molecule has 0 aliphatic carbocycles. The van der Waals surface area contributed by atoms with E-state index < -0.39 is 11.5 Å². The number of thiazole rings is 2. The van der Waals surface area contributed by atoms with Crippen LogP contribution in [-0.4, -0.2) is 51.3 Å². The van der Waals surface area contributed by atoms with Crippen molar-refractivity contribution in [3.63, 3.8) is 0 Å². The molecular weight excluding hydrogens is 611 g/mol. The topological polar surface area (TPSA) is 138 Å². The lowest BCUT2D eigenvalue weighted by molar-refractivity contribution is -0.154. The molecule has 1 aliphatic rings. The van der Waals surface area contributed by atoms with E-state index in [0.29, 0.717) is 46.6 Å². The number of nitrogens with zero attached hydrogens (tertiary/aromatic N) is 5. The SMILES string of the molecule is CC(C)(C)OC(=O)CCCCCNC(=O)c1ccc(-c2csc(N3N=C(c4ccccc4)/C(=N\Nc4nccs4)C3=O)n2)cc1. The van der Waals surface area contributed by atoms with E-state index in [-0.39, 0.29) is 17.6 Å². The van der Waals surface area contributed by atoms with Gasteiger partial charge in [0.1, 0.15) is 11.3 Å². The van der Waals surface area contributed by atoms with Gasteiger partial charge in [-0.25, -0.2) is 9.97 Å². The Hall–Kier alpha value is -4.75. The summed E-state index contributed by atoms with van der Waals surface area (Å²) in [6.45, 7) is 6.07. The molecule has 0 radical (unpaired) electrons. The second kappa shape index (κ2) is 14.4. The quantitative estimate of drug-likeness (QED) is 0.108. The lowest BCUT2D eigenvalue weighted by atomic mass is 10.1. The minimum Gasteiger partial charge on any atom is -0.460 e. The number of nitrogens with one attached hydrogen (secondary N) is 2. The first-order valence-corrected chi connectivity index (χ1v) is 16.2. The molecule has 0 fully saturated rings. The highest BCUT2D eigenvalue weighted by Crippen LogP contribution is 2.30. The van der Waals surface area contributed by atoms with Crippen molar-refractivity contribution in [3.8, 4) is 11.3 Å². The molecule has 0 bridgehead atoms. The predicted molar refractivity (Wildman–Crippen MR) is 178 cm³/mol. The van der Waals surface area contributed by atoms with Crippen molar-refractivity contribution in [1.82, 2.24) is 15.3 Å². The molecule has 1 aliphatic heterocycles. The molecule has 2 aromatic heterocycles. The summed E-state index contributed by atoms with van der Waals surface area (Å²) in [5.74, 6) is -0.777. The summed E-state index contributed by atoms with van der Waals surface area (Å²) in [6, 6.07) is 16.5. The minimum absolute atomic E-state index is 0.159. The molecule has 0 spiro atoms. The van der Waals surface area contributed by atoms with Crippen LogP contribution in [0, 0.1) is 0 Å². The van der Waals surface area contributed by atoms with Gasteiger partial charge >= 0.3 is 11.9 Å². The van der Waals surface area contributed by atoms with Gasteiger partial charge in [-0.1, -0.05) is 48.9 Å². The van der Waals surface area contributed by atoms with Gasteiger partial charge in [-0.05, 0) is 45.7 Å². The number of carbonyl (C=O) groups excluding carboxylic acids is 3. The largest absolute Gasteiger partial charge is 0.460 e. The fourth-order valence-corrected chi connectivity index (χ4v) is 5.60. The van der Waals surface area contributed by atoms with Crippen molar-refractivity contribution < 1.29 is 19.1 Å². The van der Waals surface area contributed by atoms with Crippen molar-refractivity contribution >= 4 is 62.1 Å². The van der Waals surface area contributed by atoms with Crippen molar-refractivity contribution in [2.45, 2.75) is 52.1 Å². The summed E-state index contributed by atoms with van der Waals surface area (Å²) in [5.41, 5.74) is 5.70. The zero-order valence-electron chi connectivity index (χ0n) is 25.1. The van der Waals surface area contributed by atoms with Gasteiger partial charge in [0.25, 0.3) is 5.91 Å². The molecule has 0 saturated carbocycles. The number of esters is 1. The van der Waals surface area contributed by atoms with Crippen LogP contribution in [0.2, 0.25) is 0 Å². The molecule has 3 heterocycles. The molecule has 5 rings (SSSR count). The Balaban J connectivity index is 1.18. The normalized spacial score (nSPS) is 14.0. The summed E-state index contributed by atoms with van der Waals surface area (Å²) in [7, 11) is 0. The van der Waals surface area contributed by atoms with E-state index in [0.717, 1.165) is 24.0 Å². The number of ether oxygens (including phenoxy) is 1. The van der Waals surface area contributed by atoms with E-state index in [4.69, 9.17) is 4.74 Å². The van der Waals surface area contributed by atoms with Crippen LogP contribution in [0.3, 0.4) is 0 Å². The van der Waals surface area contributed by atoms with Gasteiger partial charge < -0.3 is 10.1 Å². The van der Waals surface area contributed by atoms with Crippen LogP contribution in [0.15, 0.2) is 81.8 Å². The summed E-state index contributed by atoms with van der Waals surface area (Å²) in [6.07, 6.45) is 4.32. The highest BCUT2D eigenvalue weighted by molar-refractivity contribution is 7.14. The number of aromatic nitrogens is 2. The highest BCUT2D eigenvalue weighted by atomic mass is 32.1. The van der Waals surface area contributed by atoms with Crippen LogP contribution in [0.25, 0.3) is 11.3 Å². The van der Waals surface area contributed by atoms with E-state index in [2.05, 4.69) is 30.9 Å². The Kier molecular flexibility index (Phi) is 10.1. The third-order valence-electron chi connectivity index (χ3n) is 6.44. The summed E-state index contributed by atoms with van der Waals surface area (Å²) in [5, 5.41) is 17.7. The molecule has 0 atom stereocenters. The molecule has 232 valence electrons. The second-order valence-corrected chi connectivity index (χ2v) is 12.8. The van der Waals surface area contributed by atoms with Crippen molar-refractivity contribution in [1.29, 1.82) is 0 Å².